The predicted molar refractivity (Wildman–Crippen MR) is 77.9 cm³/mol. The van der Waals surface area contributed by atoms with E-state index in [4.69, 9.17) is 9.15 Å². The monoisotopic (exact) mass is 291 g/mol. The van der Waals surface area contributed by atoms with Gasteiger partial charge in [0.2, 0.25) is 0 Å². The number of carbonyl (C=O) groups is 1. The van der Waals surface area contributed by atoms with Crippen molar-refractivity contribution in [3.63, 3.8) is 0 Å². The van der Waals surface area contributed by atoms with Crippen LogP contribution in [0.5, 0.6) is 0 Å². The van der Waals surface area contributed by atoms with E-state index in [-0.39, 0.29) is 18.1 Å². The van der Waals surface area contributed by atoms with Gasteiger partial charge in [-0.25, -0.2) is 0 Å². The van der Waals surface area contributed by atoms with Crippen molar-refractivity contribution in [3.05, 3.63) is 34.7 Å². The molecule has 106 valence electrons. The molecule has 1 amide bonds. The van der Waals surface area contributed by atoms with Gasteiger partial charge in [-0.1, -0.05) is 0 Å². The lowest BCUT2D eigenvalue weighted by atomic mass is 10.2. The molecular weight excluding hydrogens is 274 g/mol. The fourth-order valence-corrected chi connectivity index (χ4v) is 3.38. The molecule has 0 radical (unpaired) electrons. The summed E-state index contributed by atoms with van der Waals surface area (Å²) < 4.78 is 11.0. The second-order valence-corrected chi connectivity index (χ2v) is 6.06. The van der Waals surface area contributed by atoms with Crippen LogP contribution in [-0.4, -0.2) is 36.1 Å². The average Bonchev–Trinajstić information content (AvgIpc) is 3.07. The Morgan fingerprint density at radius 2 is 2.10 bits per heavy atom. The second kappa shape index (κ2) is 5.42. The van der Waals surface area contributed by atoms with Crippen molar-refractivity contribution < 1.29 is 13.9 Å². The van der Waals surface area contributed by atoms with Crippen LogP contribution in [0, 0.1) is 0 Å². The Balaban J connectivity index is 1.77. The lowest BCUT2D eigenvalue weighted by molar-refractivity contribution is -0.0585. The van der Waals surface area contributed by atoms with Crippen molar-refractivity contribution in [2.75, 3.05) is 13.1 Å². The van der Waals surface area contributed by atoms with E-state index >= 15 is 0 Å². The van der Waals surface area contributed by atoms with Crippen molar-refractivity contribution in [2.45, 2.75) is 26.1 Å². The quantitative estimate of drug-likeness (QED) is 0.853. The van der Waals surface area contributed by atoms with E-state index in [0.717, 1.165) is 16.2 Å². The summed E-state index contributed by atoms with van der Waals surface area (Å²) in [6.45, 7) is 5.30. The van der Waals surface area contributed by atoms with Crippen molar-refractivity contribution in [3.8, 4) is 11.3 Å². The van der Waals surface area contributed by atoms with Crippen LogP contribution in [0.4, 0.5) is 0 Å². The Morgan fingerprint density at radius 3 is 2.75 bits per heavy atom. The average molecular weight is 291 g/mol. The van der Waals surface area contributed by atoms with Gasteiger partial charge in [-0.05, 0) is 32.0 Å². The number of thiophene rings is 1. The van der Waals surface area contributed by atoms with E-state index in [9.17, 15) is 4.79 Å². The molecule has 0 bridgehead atoms. The highest BCUT2D eigenvalue weighted by atomic mass is 32.1. The minimum absolute atomic E-state index is 0.0785. The normalized spacial score (nSPS) is 23.0. The first-order valence-electron chi connectivity index (χ1n) is 6.70. The Kier molecular flexibility index (Phi) is 3.63. The Labute approximate surface area is 122 Å². The first kappa shape index (κ1) is 13.4. The van der Waals surface area contributed by atoms with Crippen LogP contribution in [0.1, 0.15) is 23.5 Å². The summed E-state index contributed by atoms with van der Waals surface area (Å²) in [7, 11) is 0. The summed E-state index contributed by atoms with van der Waals surface area (Å²) in [5.74, 6) is 0.874. The smallest absolute Gasteiger partial charge is 0.264 e. The minimum Gasteiger partial charge on any atom is -0.464 e. The van der Waals surface area contributed by atoms with Crippen molar-refractivity contribution >= 4 is 17.2 Å². The molecule has 2 aromatic heterocycles. The van der Waals surface area contributed by atoms with E-state index in [1.807, 2.05) is 42.3 Å². The number of hydrogen-bond donors (Lipinski definition) is 0. The van der Waals surface area contributed by atoms with Crippen molar-refractivity contribution in [1.29, 1.82) is 0 Å². The fourth-order valence-electron chi connectivity index (χ4n) is 2.52. The molecule has 1 saturated heterocycles. The van der Waals surface area contributed by atoms with Crippen molar-refractivity contribution in [1.82, 2.24) is 4.90 Å². The topological polar surface area (TPSA) is 42.7 Å². The maximum absolute atomic E-state index is 12.5. The van der Waals surface area contributed by atoms with Crippen LogP contribution in [0.25, 0.3) is 11.3 Å². The van der Waals surface area contributed by atoms with E-state index in [2.05, 4.69) is 0 Å². The molecule has 3 heterocycles. The number of carbonyl (C=O) groups excluding carboxylic acids is 1. The van der Waals surface area contributed by atoms with Gasteiger partial charge in [0.25, 0.3) is 5.91 Å². The first-order valence-corrected chi connectivity index (χ1v) is 7.58. The molecule has 0 saturated carbocycles. The van der Waals surface area contributed by atoms with Gasteiger partial charge in [-0.2, -0.15) is 0 Å². The summed E-state index contributed by atoms with van der Waals surface area (Å²) in [6, 6.07) is 5.64. The molecule has 1 fully saturated rings. The SMILES string of the molecule is C[C@@H]1CN(C(=O)c2cc(-c3ccco3)cs2)C[C@@H](C)O1. The van der Waals surface area contributed by atoms with Gasteiger partial charge in [0, 0.05) is 24.0 Å². The van der Waals surface area contributed by atoms with E-state index in [0.29, 0.717) is 13.1 Å². The zero-order valence-corrected chi connectivity index (χ0v) is 12.4. The number of ether oxygens (including phenoxy) is 1. The molecule has 5 heteroatoms. The highest BCUT2D eigenvalue weighted by Crippen LogP contribution is 2.27. The molecule has 2 aromatic rings. The van der Waals surface area contributed by atoms with Gasteiger partial charge < -0.3 is 14.1 Å². The lowest BCUT2D eigenvalue weighted by Crippen LogP contribution is -2.48. The van der Waals surface area contributed by atoms with Gasteiger partial charge in [0.15, 0.2) is 0 Å². The summed E-state index contributed by atoms with van der Waals surface area (Å²) in [5.41, 5.74) is 0.956. The summed E-state index contributed by atoms with van der Waals surface area (Å²) in [4.78, 5) is 15.1. The highest BCUT2D eigenvalue weighted by molar-refractivity contribution is 7.12. The largest absolute Gasteiger partial charge is 0.464 e. The number of nitrogens with zero attached hydrogens (tertiary/aromatic N) is 1. The van der Waals surface area contributed by atoms with Gasteiger partial charge in [0.1, 0.15) is 5.76 Å². The fraction of sp³-hybridized carbons (Fsp3) is 0.400. The van der Waals surface area contributed by atoms with E-state index in [1.54, 1.807) is 6.26 Å². The number of furan rings is 1. The minimum atomic E-state index is 0.0785. The summed E-state index contributed by atoms with van der Waals surface area (Å²) >= 11 is 1.46. The summed E-state index contributed by atoms with van der Waals surface area (Å²) in [6.07, 6.45) is 1.82. The number of rotatable bonds is 2. The molecule has 0 aliphatic carbocycles. The van der Waals surface area contributed by atoms with Crippen LogP contribution >= 0.6 is 11.3 Å². The standard InChI is InChI=1S/C15H17NO3S/c1-10-7-16(8-11(2)19-10)15(17)14-6-12(9-20-14)13-4-3-5-18-13/h3-6,9-11H,7-8H2,1-2H3/t10-,11-/m1/s1. The number of hydrogen-bond acceptors (Lipinski definition) is 4. The third-order valence-corrected chi connectivity index (χ3v) is 4.24. The number of amides is 1. The van der Waals surface area contributed by atoms with Gasteiger partial charge in [-0.3, -0.25) is 4.79 Å². The highest BCUT2D eigenvalue weighted by Gasteiger charge is 2.27. The van der Waals surface area contributed by atoms with Crippen LogP contribution in [0.3, 0.4) is 0 Å². The zero-order valence-electron chi connectivity index (χ0n) is 11.5. The van der Waals surface area contributed by atoms with Crippen LogP contribution < -0.4 is 0 Å². The van der Waals surface area contributed by atoms with E-state index < -0.39 is 0 Å². The molecule has 0 unspecified atom stereocenters. The third-order valence-electron chi connectivity index (χ3n) is 3.32. The molecule has 0 spiro atoms. The Hall–Kier alpha value is -1.59. The van der Waals surface area contributed by atoms with Gasteiger partial charge in [-0.15, -0.1) is 11.3 Å². The van der Waals surface area contributed by atoms with Crippen LogP contribution in [-0.2, 0) is 4.74 Å². The van der Waals surface area contributed by atoms with Crippen LogP contribution in [0.2, 0.25) is 0 Å². The molecule has 4 nitrogen and oxygen atoms in total. The lowest BCUT2D eigenvalue weighted by Gasteiger charge is -2.35. The molecule has 0 aromatic carbocycles. The zero-order chi connectivity index (χ0) is 14.1. The Morgan fingerprint density at radius 1 is 1.35 bits per heavy atom. The van der Waals surface area contributed by atoms with Gasteiger partial charge in [0.05, 0.1) is 23.3 Å². The van der Waals surface area contributed by atoms with E-state index in [1.165, 1.54) is 11.3 Å². The molecule has 0 N–H and O–H groups in total. The summed E-state index contributed by atoms with van der Waals surface area (Å²) in [5, 5.41) is 1.96. The maximum Gasteiger partial charge on any atom is 0.264 e. The third kappa shape index (κ3) is 2.64. The first-order chi connectivity index (χ1) is 9.63. The van der Waals surface area contributed by atoms with Gasteiger partial charge >= 0.3 is 0 Å². The Bertz CT molecular complexity index is 580. The molecule has 20 heavy (non-hydrogen) atoms. The molecule has 2 atom stereocenters. The maximum atomic E-state index is 12.5. The molecule has 3 rings (SSSR count). The molecular formula is C15H17NO3S. The predicted octanol–water partition coefficient (Wildman–Crippen LogP) is 3.26. The molecule has 1 aliphatic heterocycles. The molecule has 1 aliphatic rings. The van der Waals surface area contributed by atoms with Crippen molar-refractivity contribution in [2.24, 2.45) is 0 Å². The van der Waals surface area contributed by atoms with Crippen LogP contribution in [0.15, 0.2) is 34.3 Å². The number of morpholine rings is 1. The second-order valence-electron chi connectivity index (χ2n) is 5.14.